The fraction of sp³-hybridized carbons (Fsp3) is 0.462. The molecule has 0 aliphatic heterocycles. The van der Waals surface area contributed by atoms with Crippen LogP contribution in [0.25, 0.3) is 0 Å². The van der Waals surface area contributed by atoms with Gasteiger partial charge in [0.2, 0.25) is 0 Å². The zero-order valence-electron chi connectivity index (χ0n) is 12.4. The van der Waals surface area contributed by atoms with E-state index in [1.807, 2.05) is 13.8 Å². The Morgan fingerprint density at radius 2 is 2.05 bits per heavy atom. The maximum atomic E-state index is 12.3. The topological polar surface area (TPSA) is 71.1 Å². The molecule has 0 saturated carbocycles. The molecule has 0 spiro atoms. The van der Waals surface area contributed by atoms with E-state index in [0.29, 0.717) is 22.6 Å². The average Bonchev–Trinajstić information content (AvgIpc) is 2.95. The fourth-order valence-corrected chi connectivity index (χ4v) is 4.86. The fourth-order valence-electron chi connectivity index (χ4n) is 1.59. The lowest BCUT2D eigenvalue weighted by Gasteiger charge is -2.05. The Kier molecular flexibility index (Phi) is 5.03. The quantitative estimate of drug-likeness (QED) is 0.844. The molecule has 0 fully saturated rings. The SMILES string of the molecule is Cc1nc(NS(=O)(=O)c2csc(CNC(C)C)c2)sc1C. The summed E-state index contributed by atoms with van der Waals surface area (Å²) < 4.78 is 27.2. The highest BCUT2D eigenvalue weighted by Crippen LogP contribution is 2.26. The lowest BCUT2D eigenvalue weighted by atomic mass is 10.4. The zero-order chi connectivity index (χ0) is 15.6. The molecule has 2 aromatic heterocycles. The van der Waals surface area contributed by atoms with Crippen LogP contribution in [0.3, 0.4) is 0 Å². The van der Waals surface area contributed by atoms with Crippen LogP contribution >= 0.6 is 22.7 Å². The molecular weight excluding hydrogens is 326 g/mol. The molecule has 2 N–H and O–H groups in total. The standard InChI is InChI=1S/C13H19N3O2S3/c1-8(2)14-6-11-5-12(7-19-11)21(17,18)16-13-15-9(3)10(4)20-13/h5,7-8,14H,6H2,1-4H3,(H,15,16). The van der Waals surface area contributed by atoms with Gasteiger partial charge in [0.15, 0.2) is 5.13 Å². The number of thiophene rings is 1. The van der Waals surface area contributed by atoms with Gasteiger partial charge in [-0.3, -0.25) is 4.72 Å². The van der Waals surface area contributed by atoms with Crippen LogP contribution in [0.4, 0.5) is 5.13 Å². The first-order valence-electron chi connectivity index (χ1n) is 6.55. The highest BCUT2D eigenvalue weighted by molar-refractivity contribution is 7.93. The van der Waals surface area contributed by atoms with Crippen LogP contribution in [0.15, 0.2) is 16.3 Å². The largest absolute Gasteiger partial charge is 0.310 e. The van der Waals surface area contributed by atoms with Crippen LogP contribution in [-0.2, 0) is 16.6 Å². The summed E-state index contributed by atoms with van der Waals surface area (Å²) in [5, 5.41) is 5.35. The number of aryl methyl sites for hydroxylation is 2. The van der Waals surface area contributed by atoms with Crippen molar-refractivity contribution >= 4 is 37.8 Å². The third kappa shape index (κ3) is 4.26. The molecular formula is C13H19N3O2S3. The van der Waals surface area contributed by atoms with E-state index < -0.39 is 10.0 Å². The molecule has 5 nitrogen and oxygen atoms in total. The second-order valence-electron chi connectivity index (χ2n) is 5.05. The van der Waals surface area contributed by atoms with Crippen molar-refractivity contribution in [2.24, 2.45) is 0 Å². The minimum absolute atomic E-state index is 0.290. The van der Waals surface area contributed by atoms with Gasteiger partial charge in [-0.2, -0.15) is 0 Å². The van der Waals surface area contributed by atoms with Gasteiger partial charge in [0.1, 0.15) is 0 Å². The lowest BCUT2D eigenvalue weighted by molar-refractivity contribution is 0.592. The third-order valence-corrected chi connectivity index (χ3v) is 6.40. The molecule has 0 aliphatic carbocycles. The third-order valence-electron chi connectivity index (χ3n) is 2.87. The van der Waals surface area contributed by atoms with Crippen LogP contribution < -0.4 is 10.0 Å². The number of hydrogen-bond acceptors (Lipinski definition) is 6. The van der Waals surface area contributed by atoms with E-state index in [4.69, 9.17) is 0 Å². The summed E-state index contributed by atoms with van der Waals surface area (Å²) in [5.74, 6) is 0. The minimum atomic E-state index is -3.55. The van der Waals surface area contributed by atoms with Gasteiger partial charge < -0.3 is 5.32 Å². The van der Waals surface area contributed by atoms with E-state index in [0.717, 1.165) is 15.4 Å². The summed E-state index contributed by atoms with van der Waals surface area (Å²) in [6.07, 6.45) is 0. The molecule has 2 aromatic rings. The highest BCUT2D eigenvalue weighted by atomic mass is 32.2. The Hall–Kier alpha value is -0.960. The number of nitrogens with zero attached hydrogens (tertiary/aromatic N) is 1. The second-order valence-corrected chi connectivity index (χ2v) is 8.93. The average molecular weight is 346 g/mol. The van der Waals surface area contributed by atoms with E-state index in [1.54, 1.807) is 11.4 Å². The molecule has 0 radical (unpaired) electrons. The summed E-state index contributed by atoms with van der Waals surface area (Å²) >= 11 is 2.79. The van der Waals surface area contributed by atoms with Crippen LogP contribution in [0, 0.1) is 13.8 Å². The molecule has 0 amide bonds. The summed E-state index contributed by atoms with van der Waals surface area (Å²) in [5.41, 5.74) is 0.852. The van der Waals surface area contributed by atoms with Gasteiger partial charge in [0.25, 0.3) is 10.0 Å². The van der Waals surface area contributed by atoms with Crippen LogP contribution in [-0.4, -0.2) is 19.4 Å². The smallest absolute Gasteiger partial charge is 0.264 e. The zero-order valence-corrected chi connectivity index (χ0v) is 14.9. The Bertz CT molecular complexity index is 697. The molecule has 0 aromatic carbocycles. The molecule has 0 bridgehead atoms. The van der Waals surface area contributed by atoms with Gasteiger partial charge in [-0.15, -0.1) is 22.7 Å². The summed E-state index contributed by atoms with van der Waals surface area (Å²) in [7, 11) is -3.55. The maximum absolute atomic E-state index is 12.3. The first-order chi connectivity index (χ1) is 9.78. The number of thiazole rings is 1. The predicted octanol–water partition coefficient (Wildman–Crippen LogP) is 3.12. The summed E-state index contributed by atoms with van der Waals surface area (Å²) in [6.45, 7) is 8.57. The van der Waals surface area contributed by atoms with Crippen molar-refractivity contribution in [3.05, 3.63) is 26.9 Å². The monoisotopic (exact) mass is 345 g/mol. The maximum Gasteiger partial charge on any atom is 0.264 e. The molecule has 2 heterocycles. The van der Waals surface area contributed by atoms with Gasteiger partial charge in [-0.1, -0.05) is 13.8 Å². The van der Waals surface area contributed by atoms with Crippen LogP contribution in [0.5, 0.6) is 0 Å². The Labute approximate surface area is 133 Å². The Balaban J connectivity index is 2.12. The highest BCUT2D eigenvalue weighted by Gasteiger charge is 2.18. The van der Waals surface area contributed by atoms with Gasteiger partial charge in [0.05, 0.1) is 10.6 Å². The van der Waals surface area contributed by atoms with E-state index in [1.165, 1.54) is 22.7 Å². The van der Waals surface area contributed by atoms with Crippen molar-refractivity contribution in [1.82, 2.24) is 10.3 Å². The molecule has 0 atom stereocenters. The minimum Gasteiger partial charge on any atom is -0.310 e. The number of hydrogen-bond donors (Lipinski definition) is 2. The van der Waals surface area contributed by atoms with E-state index >= 15 is 0 Å². The van der Waals surface area contributed by atoms with Crippen molar-refractivity contribution in [2.75, 3.05) is 4.72 Å². The first-order valence-corrected chi connectivity index (χ1v) is 9.73. The van der Waals surface area contributed by atoms with E-state index in [2.05, 4.69) is 28.9 Å². The summed E-state index contributed by atoms with van der Waals surface area (Å²) in [4.78, 5) is 6.51. The van der Waals surface area contributed by atoms with Crippen molar-refractivity contribution < 1.29 is 8.42 Å². The lowest BCUT2D eigenvalue weighted by Crippen LogP contribution is -2.21. The van der Waals surface area contributed by atoms with Crippen LogP contribution in [0.1, 0.15) is 29.3 Å². The number of aromatic nitrogens is 1. The molecule has 0 unspecified atom stereocenters. The van der Waals surface area contributed by atoms with Crippen molar-refractivity contribution in [3.8, 4) is 0 Å². The predicted molar refractivity (Wildman–Crippen MR) is 88.7 cm³/mol. The van der Waals surface area contributed by atoms with Crippen molar-refractivity contribution in [1.29, 1.82) is 0 Å². The molecule has 116 valence electrons. The van der Waals surface area contributed by atoms with Gasteiger partial charge in [-0.05, 0) is 19.9 Å². The first kappa shape index (κ1) is 16.4. The number of nitrogens with one attached hydrogen (secondary N) is 2. The normalized spacial score (nSPS) is 12.0. The van der Waals surface area contributed by atoms with Crippen LogP contribution in [0.2, 0.25) is 0 Å². The summed E-state index contributed by atoms with van der Waals surface area (Å²) in [6, 6.07) is 2.07. The molecule has 8 heteroatoms. The Morgan fingerprint density at radius 3 is 2.62 bits per heavy atom. The molecule has 0 saturated heterocycles. The number of anilines is 1. The van der Waals surface area contributed by atoms with Gasteiger partial charge in [0, 0.05) is 27.7 Å². The molecule has 2 rings (SSSR count). The van der Waals surface area contributed by atoms with Crippen molar-refractivity contribution in [2.45, 2.75) is 45.2 Å². The number of rotatable bonds is 6. The van der Waals surface area contributed by atoms with Gasteiger partial charge in [-0.25, -0.2) is 13.4 Å². The van der Waals surface area contributed by atoms with E-state index in [-0.39, 0.29) is 0 Å². The van der Waals surface area contributed by atoms with Gasteiger partial charge >= 0.3 is 0 Å². The number of sulfonamides is 1. The van der Waals surface area contributed by atoms with Crippen molar-refractivity contribution in [3.63, 3.8) is 0 Å². The Morgan fingerprint density at radius 1 is 1.33 bits per heavy atom. The molecule has 0 aliphatic rings. The van der Waals surface area contributed by atoms with E-state index in [9.17, 15) is 8.42 Å². The molecule has 21 heavy (non-hydrogen) atoms. The second kappa shape index (κ2) is 6.43.